The lowest BCUT2D eigenvalue weighted by Gasteiger charge is -2.11. The average molecular weight is 373 g/mol. The van der Waals surface area contributed by atoms with E-state index in [1.165, 1.54) is 24.3 Å². The lowest BCUT2D eigenvalue weighted by atomic mass is 10.3. The highest BCUT2D eigenvalue weighted by atomic mass is 79.9. The lowest BCUT2D eigenvalue weighted by Crippen LogP contribution is -2.16. The standard InChI is InChI=1S/C14H8BrF3N2O2/c15-9-7-12-19-5-6-20(12)13(8-9)21-10-1-3-11(4-2-10)22-14(16,17)18/h1-8H. The van der Waals surface area contributed by atoms with Gasteiger partial charge < -0.3 is 9.47 Å². The Kier molecular flexibility index (Phi) is 3.69. The Hall–Kier alpha value is -2.22. The third-order valence-electron chi connectivity index (χ3n) is 2.71. The number of hydrogen-bond donors (Lipinski definition) is 0. The fraction of sp³-hybridized carbons (Fsp3) is 0.0714. The molecular formula is C14H8BrF3N2O2. The maximum absolute atomic E-state index is 12.1. The van der Waals surface area contributed by atoms with Gasteiger partial charge in [-0.15, -0.1) is 13.2 Å². The van der Waals surface area contributed by atoms with Gasteiger partial charge in [0.25, 0.3) is 0 Å². The molecule has 0 radical (unpaired) electrons. The highest BCUT2D eigenvalue weighted by molar-refractivity contribution is 9.10. The van der Waals surface area contributed by atoms with Gasteiger partial charge in [0, 0.05) is 22.9 Å². The molecule has 0 fully saturated rings. The van der Waals surface area contributed by atoms with Crippen molar-refractivity contribution in [3.63, 3.8) is 0 Å². The molecular weight excluding hydrogens is 365 g/mol. The van der Waals surface area contributed by atoms with Crippen LogP contribution in [0, 0.1) is 0 Å². The van der Waals surface area contributed by atoms with Gasteiger partial charge in [0.15, 0.2) is 0 Å². The molecule has 0 amide bonds. The van der Waals surface area contributed by atoms with Crippen molar-refractivity contribution >= 4 is 21.6 Å². The minimum atomic E-state index is -4.71. The first-order valence-corrected chi connectivity index (χ1v) is 6.86. The molecule has 0 bridgehead atoms. The molecule has 2 heterocycles. The third kappa shape index (κ3) is 3.33. The Morgan fingerprint density at radius 1 is 1.05 bits per heavy atom. The van der Waals surface area contributed by atoms with E-state index in [-0.39, 0.29) is 5.75 Å². The molecule has 3 aromatic rings. The van der Waals surface area contributed by atoms with E-state index in [4.69, 9.17) is 4.74 Å². The van der Waals surface area contributed by atoms with E-state index in [9.17, 15) is 13.2 Å². The Morgan fingerprint density at radius 2 is 1.73 bits per heavy atom. The van der Waals surface area contributed by atoms with Crippen LogP contribution in [0.25, 0.3) is 5.65 Å². The molecule has 2 aromatic heterocycles. The summed E-state index contributed by atoms with van der Waals surface area (Å²) in [4.78, 5) is 4.14. The number of benzene rings is 1. The summed E-state index contributed by atoms with van der Waals surface area (Å²) in [5, 5.41) is 0. The van der Waals surface area contributed by atoms with Crippen LogP contribution < -0.4 is 9.47 Å². The van der Waals surface area contributed by atoms with Gasteiger partial charge >= 0.3 is 6.36 Å². The van der Waals surface area contributed by atoms with E-state index in [0.29, 0.717) is 17.3 Å². The summed E-state index contributed by atoms with van der Waals surface area (Å²) in [7, 11) is 0. The topological polar surface area (TPSA) is 35.8 Å². The van der Waals surface area contributed by atoms with E-state index in [0.717, 1.165) is 4.47 Å². The highest BCUT2D eigenvalue weighted by Gasteiger charge is 2.30. The fourth-order valence-electron chi connectivity index (χ4n) is 1.87. The Labute approximate surface area is 131 Å². The zero-order chi connectivity index (χ0) is 15.7. The van der Waals surface area contributed by atoms with E-state index in [2.05, 4.69) is 25.7 Å². The van der Waals surface area contributed by atoms with Gasteiger partial charge in [0.1, 0.15) is 17.1 Å². The molecule has 0 atom stereocenters. The number of nitrogens with zero attached hydrogens (tertiary/aromatic N) is 2. The maximum Gasteiger partial charge on any atom is 0.573 e. The first-order chi connectivity index (χ1) is 10.4. The average Bonchev–Trinajstić information content (AvgIpc) is 2.87. The molecule has 3 rings (SSSR count). The number of halogens is 4. The van der Waals surface area contributed by atoms with Crippen molar-refractivity contribution in [2.75, 3.05) is 0 Å². The van der Waals surface area contributed by atoms with Crippen LogP contribution in [-0.2, 0) is 0 Å². The van der Waals surface area contributed by atoms with E-state index in [1.807, 2.05) is 6.07 Å². The van der Waals surface area contributed by atoms with Gasteiger partial charge in [-0.1, -0.05) is 15.9 Å². The summed E-state index contributed by atoms with van der Waals surface area (Å²) in [6.45, 7) is 0. The van der Waals surface area contributed by atoms with Gasteiger partial charge in [0.2, 0.25) is 5.88 Å². The van der Waals surface area contributed by atoms with Gasteiger partial charge in [0.05, 0.1) is 0 Å². The third-order valence-corrected chi connectivity index (χ3v) is 3.17. The van der Waals surface area contributed by atoms with E-state index in [1.54, 1.807) is 22.9 Å². The van der Waals surface area contributed by atoms with E-state index >= 15 is 0 Å². The minimum Gasteiger partial charge on any atom is -0.440 e. The smallest absolute Gasteiger partial charge is 0.440 e. The van der Waals surface area contributed by atoms with Crippen molar-refractivity contribution in [2.45, 2.75) is 6.36 Å². The first kappa shape index (κ1) is 14.7. The van der Waals surface area contributed by atoms with Gasteiger partial charge in [-0.05, 0) is 30.3 Å². The number of ether oxygens (including phenoxy) is 2. The number of rotatable bonds is 3. The van der Waals surface area contributed by atoms with Crippen LogP contribution in [0.2, 0.25) is 0 Å². The molecule has 0 aliphatic carbocycles. The molecule has 114 valence electrons. The van der Waals surface area contributed by atoms with Crippen LogP contribution >= 0.6 is 15.9 Å². The van der Waals surface area contributed by atoms with Crippen LogP contribution in [-0.4, -0.2) is 15.7 Å². The normalized spacial score (nSPS) is 11.6. The summed E-state index contributed by atoms with van der Waals surface area (Å²) >= 11 is 3.35. The van der Waals surface area contributed by atoms with Crippen molar-refractivity contribution in [2.24, 2.45) is 0 Å². The number of fused-ring (bicyclic) bond motifs is 1. The molecule has 0 unspecified atom stereocenters. The van der Waals surface area contributed by atoms with Crippen LogP contribution in [0.3, 0.4) is 0 Å². The zero-order valence-corrected chi connectivity index (χ0v) is 12.4. The highest BCUT2D eigenvalue weighted by Crippen LogP contribution is 2.29. The maximum atomic E-state index is 12.1. The quantitative estimate of drug-likeness (QED) is 0.663. The molecule has 0 saturated heterocycles. The van der Waals surface area contributed by atoms with E-state index < -0.39 is 6.36 Å². The zero-order valence-electron chi connectivity index (χ0n) is 10.8. The fourth-order valence-corrected chi connectivity index (χ4v) is 2.27. The lowest BCUT2D eigenvalue weighted by molar-refractivity contribution is -0.274. The molecule has 0 spiro atoms. The van der Waals surface area contributed by atoms with Crippen molar-refractivity contribution in [3.8, 4) is 17.4 Å². The van der Waals surface area contributed by atoms with Gasteiger partial charge in [-0.2, -0.15) is 0 Å². The first-order valence-electron chi connectivity index (χ1n) is 6.07. The molecule has 0 aliphatic rings. The van der Waals surface area contributed by atoms with Crippen LogP contribution in [0.5, 0.6) is 17.4 Å². The number of alkyl halides is 3. The largest absolute Gasteiger partial charge is 0.573 e. The van der Waals surface area contributed by atoms with Crippen LogP contribution in [0.4, 0.5) is 13.2 Å². The molecule has 8 heteroatoms. The number of aromatic nitrogens is 2. The predicted octanol–water partition coefficient (Wildman–Crippen LogP) is 4.79. The number of hydrogen-bond acceptors (Lipinski definition) is 3. The van der Waals surface area contributed by atoms with Crippen LogP contribution in [0.1, 0.15) is 0 Å². The molecule has 4 nitrogen and oxygen atoms in total. The summed E-state index contributed by atoms with van der Waals surface area (Å²) in [6.07, 6.45) is -1.37. The molecule has 0 saturated carbocycles. The summed E-state index contributed by atoms with van der Waals surface area (Å²) < 4.78 is 48.3. The SMILES string of the molecule is FC(F)(F)Oc1ccc(Oc2cc(Br)cc3nccn23)cc1. The van der Waals surface area contributed by atoms with Gasteiger partial charge in [-0.3, -0.25) is 4.40 Å². The second kappa shape index (κ2) is 5.53. The summed E-state index contributed by atoms with van der Waals surface area (Å²) in [5.41, 5.74) is 0.682. The molecule has 0 N–H and O–H groups in total. The molecule has 22 heavy (non-hydrogen) atoms. The Balaban J connectivity index is 1.84. The monoisotopic (exact) mass is 372 g/mol. The van der Waals surface area contributed by atoms with Crippen molar-refractivity contribution in [1.29, 1.82) is 0 Å². The second-order valence-corrected chi connectivity index (χ2v) is 5.20. The molecule has 1 aromatic carbocycles. The summed E-state index contributed by atoms with van der Waals surface area (Å²) in [6, 6.07) is 8.70. The number of imidazole rings is 1. The Morgan fingerprint density at radius 3 is 2.41 bits per heavy atom. The minimum absolute atomic E-state index is 0.304. The Bertz CT molecular complexity index is 800. The number of pyridine rings is 1. The predicted molar refractivity (Wildman–Crippen MR) is 76.1 cm³/mol. The van der Waals surface area contributed by atoms with Crippen molar-refractivity contribution in [3.05, 3.63) is 53.3 Å². The van der Waals surface area contributed by atoms with Crippen LogP contribution in [0.15, 0.2) is 53.3 Å². The van der Waals surface area contributed by atoms with Crippen molar-refractivity contribution in [1.82, 2.24) is 9.38 Å². The van der Waals surface area contributed by atoms with Gasteiger partial charge in [-0.25, -0.2) is 4.98 Å². The second-order valence-electron chi connectivity index (χ2n) is 4.29. The molecule has 0 aliphatic heterocycles. The van der Waals surface area contributed by atoms with Crippen molar-refractivity contribution < 1.29 is 22.6 Å². The summed E-state index contributed by atoms with van der Waals surface area (Å²) in [5.74, 6) is 0.552.